The molecule has 2 aliphatic heterocycles. The van der Waals surface area contributed by atoms with E-state index in [0.29, 0.717) is 12.1 Å². The van der Waals surface area contributed by atoms with Crippen LogP contribution in [0.5, 0.6) is 0 Å². The van der Waals surface area contributed by atoms with Gasteiger partial charge in [0.1, 0.15) is 0 Å². The first-order chi connectivity index (χ1) is 7.80. The van der Waals surface area contributed by atoms with Gasteiger partial charge >= 0.3 is 0 Å². The highest BCUT2D eigenvalue weighted by molar-refractivity contribution is 5.02. The molecule has 0 aromatic carbocycles. The van der Waals surface area contributed by atoms with Crippen LogP contribution in [0.2, 0.25) is 0 Å². The highest BCUT2D eigenvalue weighted by Crippen LogP contribution is 2.43. The van der Waals surface area contributed by atoms with Gasteiger partial charge in [0.2, 0.25) is 0 Å². The van der Waals surface area contributed by atoms with Crippen LogP contribution in [0, 0.1) is 0 Å². The van der Waals surface area contributed by atoms with Crippen LogP contribution in [0.15, 0.2) is 0 Å². The Kier molecular flexibility index (Phi) is 2.94. The number of nitrogens with one attached hydrogen (secondary N) is 1. The first-order valence-electron chi connectivity index (χ1n) is 6.92. The molecule has 3 heteroatoms. The van der Waals surface area contributed by atoms with Crippen LogP contribution in [0.25, 0.3) is 0 Å². The van der Waals surface area contributed by atoms with E-state index >= 15 is 0 Å². The first-order valence-corrected chi connectivity index (χ1v) is 6.92. The van der Waals surface area contributed by atoms with Crippen LogP contribution in [0.4, 0.5) is 0 Å². The van der Waals surface area contributed by atoms with E-state index in [-0.39, 0.29) is 5.60 Å². The molecule has 0 aromatic heterocycles. The Labute approximate surface area is 98.5 Å². The first kappa shape index (κ1) is 11.0. The quantitative estimate of drug-likeness (QED) is 0.728. The molecule has 1 spiro atoms. The van der Waals surface area contributed by atoms with E-state index in [0.717, 1.165) is 13.2 Å². The van der Waals surface area contributed by atoms with Crippen molar-refractivity contribution in [1.29, 1.82) is 0 Å². The Balaban J connectivity index is 1.72. The van der Waals surface area contributed by atoms with Gasteiger partial charge in [0.05, 0.1) is 5.60 Å². The minimum Gasteiger partial charge on any atom is -0.373 e. The predicted molar refractivity (Wildman–Crippen MR) is 64.6 cm³/mol. The van der Waals surface area contributed by atoms with Gasteiger partial charge in [-0.25, -0.2) is 0 Å². The second-order valence-corrected chi connectivity index (χ2v) is 5.77. The molecule has 3 aliphatic rings. The normalized spacial score (nSPS) is 39.6. The Hall–Kier alpha value is -0.120. The minimum absolute atomic E-state index is 0.247. The summed E-state index contributed by atoms with van der Waals surface area (Å²) in [6.45, 7) is 6.84. The van der Waals surface area contributed by atoms with Crippen LogP contribution in [0.3, 0.4) is 0 Å². The Morgan fingerprint density at radius 1 is 1.31 bits per heavy atom. The van der Waals surface area contributed by atoms with Gasteiger partial charge < -0.3 is 10.1 Å². The van der Waals surface area contributed by atoms with Crippen molar-refractivity contribution in [1.82, 2.24) is 10.2 Å². The van der Waals surface area contributed by atoms with Crippen LogP contribution < -0.4 is 5.32 Å². The second kappa shape index (κ2) is 4.28. The summed E-state index contributed by atoms with van der Waals surface area (Å²) in [6.07, 6.45) is 6.61. The fourth-order valence-corrected chi connectivity index (χ4v) is 3.94. The van der Waals surface area contributed by atoms with E-state index in [4.69, 9.17) is 4.74 Å². The lowest BCUT2D eigenvalue weighted by atomic mass is 9.90. The van der Waals surface area contributed by atoms with Gasteiger partial charge in [-0.3, -0.25) is 4.90 Å². The number of rotatable bonds is 1. The summed E-state index contributed by atoms with van der Waals surface area (Å²) < 4.78 is 6.14. The van der Waals surface area contributed by atoms with E-state index in [1.54, 1.807) is 0 Å². The molecule has 2 heterocycles. The molecule has 1 aliphatic carbocycles. The lowest BCUT2D eigenvalue weighted by Gasteiger charge is -2.42. The lowest BCUT2D eigenvalue weighted by molar-refractivity contribution is -0.0392. The molecule has 3 rings (SSSR count). The molecule has 1 saturated carbocycles. The van der Waals surface area contributed by atoms with E-state index in [9.17, 15) is 0 Å². The Morgan fingerprint density at radius 3 is 2.88 bits per heavy atom. The van der Waals surface area contributed by atoms with Gasteiger partial charge in [-0.1, -0.05) is 12.8 Å². The topological polar surface area (TPSA) is 24.5 Å². The monoisotopic (exact) mass is 224 g/mol. The largest absolute Gasteiger partial charge is 0.373 e. The molecule has 3 nitrogen and oxygen atoms in total. The summed E-state index contributed by atoms with van der Waals surface area (Å²) in [5.74, 6) is 0. The summed E-state index contributed by atoms with van der Waals surface area (Å²) in [7, 11) is 0. The maximum Gasteiger partial charge on any atom is 0.0837 e. The van der Waals surface area contributed by atoms with E-state index in [1.807, 2.05) is 0 Å². The fraction of sp³-hybridized carbons (Fsp3) is 1.00. The number of hydrogen-bond donors (Lipinski definition) is 1. The molecule has 2 unspecified atom stereocenters. The van der Waals surface area contributed by atoms with Crippen molar-refractivity contribution in [3.05, 3.63) is 0 Å². The maximum absolute atomic E-state index is 6.14. The van der Waals surface area contributed by atoms with E-state index < -0.39 is 0 Å². The number of piperazine rings is 1. The molecule has 2 saturated heterocycles. The second-order valence-electron chi connectivity index (χ2n) is 5.77. The third kappa shape index (κ3) is 1.79. The zero-order chi connectivity index (χ0) is 11.0. The van der Waals surface area contributed by atoms with E-state index in [1.165, 1.54) is 45.2 Å². The number of ether oxygens (including phenoxy) is 1. The summed E-state index contributed by atoms with van der Waals surface area (Å²) in [5.41, 5.74) is 0.247. The molecular weight excluding hydrogens is 200 g/mol. The molecule has 16 heavy (non-hydrogen) atoms. The van der Waals surface area contributed by atoms with Crippen molar-refractivity contribution >= 4 is 0 Å². The molecule has 2 atom stereocenters. The van der Waals surface area contributed by atoms with Gasteiger partial charge in [0.15, 0.2) is 0 Å². The summed E-state index contributed by atoms with van der Waals surface area (Å²) in [5, 5.41) is 3.53. The van der Waals surface area contributed by atoms with Crippen molar-refractivity contribution in [2.75, 3.05) is 26.2 Å². The third-order valence-electron chi connectivity index (χ3n) is 4.68. The molecule has 0 bridgehead atoms. The van der Waals surface area contributed by atoms with Crippen molar-refractivity contribution in [2.24, 2.45) is 0 Å². The average Bonchev–Trinajstić information content (AvgIpc) is 2.90. The van der Waals surface area contributed by atoms with E-state index in [2.05, 4.69) is 17.1 Å². The number of nitrogens with zero attached hydrogens (tertiary/aromatic N) is 1. The smallest absolute Gasteiger partial charge is 0.0837 e. The van der Waals surface area contributed by atoms with Gasteiger partial charge in [-0.05, 0) is 26.2 Å². The standard InChI is InChI=1S/C13H24N2O/c1-11-10-15(8-7-14-11)12-4-9-16-13(12)5-2-3-6-13/h11-12,14H,2-10H2,1H3. The van der Waals surface area contributed by atoms with Crippen molar-refractivity contribution in [3.63, 3.8) is 0 Å². The molecule has 0 amide bonds. The highest BCUT2D eigenvalue weighted by atomic mass is 16.5. The van der Waals surface area contributed by atoms with Crippen LogP contribution in [-0.2, 0) is 4.74 Å². The van der Waals surface area contributed by atoms with Crippen LogP contribution >= 0.6 is 0 Å². The van der Waals surface area contributed by atoms with Crippen LogP contribution in [-0.4, -0.2) is 48.8 Å². The van der Waals surface area contributed by atoms with Gasteiger partial charge in [-0.2, -0.15) is 0 Å². The van der Waals surface area contributed by atoms with Crippen molar-refractivity contribution < 1.29 is 4.74 Å². The summed E-state index contributed by atoms with van der Waals surface area (Å²) >= 11 is 0. The zero-order valence-corrected chi connectivity index (χ0v) is 10.4. The lowest BCUT2D eigenvalue weighted by Crippen LogP contribution is -2.57. The Morgan fingerprint density at radius 2 is 2.12 bits per heavy atom. The fourth-order valence-electron chi connectivity index (χ4n) is 3.94. The molecule has 92 valence electrons. The maximum atomic E-state index is 6.14. The molecule has 0 radical (unpaired) electrons. The Bertz CT molecular complexity index is 245. The molecule has 3 fully saturated rings. The summed E-state index contributed by atoms with van der Waals surface area (Å²) in [4.78, 5) is 2.69. The third-order valence-corrected chi connectivity index (χ3v) is 4.68. The molecular formula is C13H24N2O. The minimum atomic E-state index is 0.247. The van der Waals surface area contributed by atoms with Gasteiger partial charge in [0.25, 0.3) is 0 Å². The van der Waals surface area contributed by atoms with Crippen molar-refractivity contribution in [2.45, 2.75) is 56.7 Å². The highest BCUT2D eigenvalue weighted by Gasteiger charge is 2.48. The summed E-state index contributed by atoms with van der Waals surface area (Å²) in [6, 6.07) is 1.35. The van der Waals surface area contributed by atoms with Crippen molar-refractivity contribution in [3.8, 4) is 0 Å². The number of hydrogen-bond acceptors (Lipinski definition) is 3. The zero-order valence-electron chi connectivity index (χ0n) is 10.4. The predicted octanol–water partition coefficient (Wildman–Crippen LogP) is 1.38. The van der Waals surface area contributed by atoms with Crippen LogP contribution in [0.1, 0.15) is 39.0 Å². The SMILES string of the molecule is CC1CN(C2CCOC23CCCC3)CCN1. The molecule has 0 aromatic rings. The van der Waals surface area contributed by atoms with Gasteiger partial charge in [0, 0.05) is 38.3 Å². The van der Waals surface area contributed by atoms with Gasteiger partial charge in [-0.15, -0.1) is 0 Å². The molecule has 1 N–H and O–H groups in total. The average molecular weight is 224 g/mol.